The van der Waals surface area contributed by atoms with Crippen molar-refractivity contribution >= 4 is 33.5 Å². The van der Waals surface area contributed by atoms with Gasteiger partial charge in [0.25, 0.3) is 0 Å². The van der Waals surface area contributed by atoms with E-state index >= 15 is 0 Å². The number of pyridine rings is 1. The summed E-state index contributed by atoms with van der Waals surface area (Å²) < 4.78 is 0. The molecule has 0 unspecified atom stereocenters. The van der Waals surface area contributed by atoms with Gasteiger partial charge in [-0.1, -0.05) is 24.3 Å². The van der Waals surface area contributed by atoms with E-state index < -0.39 is 0 Å². The summed E-state index contributed by atoms with van der Waals surface area (Å²) in [4.78, 5) is 20.9. The van der Waals surface area contributed by atoms with E-state index in [0.717, 1.165) is 88.0 Å². The monoisotopic (exact) mass is 445 g/mol. The summed E-state index contributed by atoms with van der Waals surface area (Å²) in [6.07, 6.45) is 1.93. The summed E-state index contributed by atoms with van der Waals surface area (Å²) in [6, 6.07) is 21.3. The maximum Gasteiger partial charge on any atom is 0.128 e. The van der Waals surface area contributed by atoms with Crippen molar-refractivity contribution in [1.82, 2.24) is 25.6 Å². The third kappa shape index (κ3) is 3.25. The molecule has 0 bridgehead atoms. The molecule has 0 amide bonds. The molecule has 0 spiro atoms. The number of aliphatic imine (C=N–C) groups is 2. The highest BCUT2D eigenvalue weighted by molar-refractivity contribution is 6.03. The minimum Gasteiger partial charge on any atom is -0.368 e. The van der Waals surface area contributed by atoms with Crippen molar-refractivity contribution < 1.29 is 0 Å². The Balaban J connectivity index is 1.18. The molecule has 7 nitrogen and oxygen atoms in total. The van der Waals surface area contributed by atoms with E-state index in [1.165, 1.54) is 5.39 Å². The van der Waals surface area contributed by atoms with E-state index in [4.69, 9.17) is 4.98 Å². The fourth-order valence-corrected chi connectivity index (χ4v) is 4.74. The van der Waals surface area contributed by atoms with Crippen LogP contribution in [0.3, 0.4) is 0 Å². The number of amidine groups is 2. The van der Waals surface area contributed by atoms with E-state index in [1.54, 1.807) is 0 Å². The number of fused-ring (bicyclic) bond motifs is 2. The Morgan fingerprint density at radius 2 is 1.18 bits per heavy atom. The van der Waals surface area contributed by atoms with Crippen LogP contribution in [0, 0.1) is 0 Å². The molecule has 2 aliphatic heterocycles. The molecule has 34 heavy (non-hydrogen) atoms. The molecule has 166 valence electrons. The molecule has 0 saturated carbocycles. The lowest BCUT2D eigenvalue weighted by molar-refractivity contribution is 0.960. The smallest absolute Gasteiger partial charge is 0.128 e. The number of benzene rings is 2. The number of hydrogen-bond donors (Lipinski definition) is 4. The second-order valence-electron chi connectivity index (χ2n) is 8.72. The van der Waals surface area contributed by atoms with Crippen molar-refractivity contribution in [2.24, 2.45) is 9.98 Å². The van der Waals surface area contributed by atoms with Crippen LogP contribution in [0.15, 0.2) is 76.8 Å². The summed E-state index contributed by atoms with van der Waals surface area (Å²) in [6.45, 7) is 3.49. The van der Waals surface area contributed by atoms with Crippen LogP contribution in [0.5, 0.6) is 0 Å². The molecular weight excluding hydrogens is 422 g/mol. The predicted octanol–water partition coefficient (Wildman–Crippen LogP) is 4.08. The Hall–Kier alpha value is -4.39. The lowest BCUT2D eigenvalue weighted by Crippen LogP contribution is -2.19. The fourth-order valence-electron chi connectivity index (χ4n) is 4.74. The van der Waals surface area contributed by atoms with Crippen molar-refractivity contribution in [3.05, 3.63) is 78.0 Å². The van der Waals surface area contributed by atoms with Crippen LogP contribution in [-0.4, -0.2) is 52.8 Å². The number of hydrogen-bond acceptors (Lipinski definition) is 5. The lowest BCUT2D eigenvalue weighted by Gasteiger charge is -2.02. The minimum absolute atomic E-state index is 0.837. The number of aromatic amines is 2. The van der Waals surface area contributed by atoms with Crippen molar-refractivity contribution in [2.75, 3.05) is 26.2 Å². The Labute approximate surface area is 196 Å². The van der Waals surface area contributed by atoms with Gasteiger partial charge in [0.05, 0.1) is 24.5 Å². The Bertz CT molecular complexity index is 1480. The molecule has 4 N–H and O–H groups in total. The third-order valence-corrected chi connectivity index (χ3v) is 6.49. The highest BCUT2D eigenvalue weighted by Gasteiger charge is 2.13. The molecule has 0 radical (unpaired) electrons. The Kier molecular flexibility index (Phi) is 4.27. The SMILES string of the molecule is c1cc2cc(-c3ccc(-c4cc5ccc(C6=NCCN6)cc5[nH]4)nc3)[nH]c2cc1C1=NCCN1. The van der Waals surface area contributed by atoms with Gasteiger partial charge in [-0.2, -0.15) is 0 Å². The van der Waals surface area contributed by atoms with Crippen molar-refractivity contribution in [3.63, 3.8) is 0 Å². The van der Waals surface area contributed by atoms with Crippen LogP contribution in [-0.2, 0) is 0 Å². The molecule has 2 aliphatic rings. The van der Waals surface area contributed by atoms with Crippen LogP contribution >= 0.6 is 0 Å². The zero-order valence-electron chi connectivity index (χ0n) is 18.5. The molecule has 7 heteroatoms. The summed E-state index contributed by atoms with van der Waals surface area (Å²) in [5.74, 6) is 1.94. The van der Waals surface area contributed by atoms with Crippen LogP contribution in [0.25, 0.3) is 44.5 Å². The predicted molar refractivity (Wildman–Crippen MR) is 138 cm³/mol. The summed E-state index contributed by atoms with van der Waals surface area (Å²) in [7, 11) is 0. The zero-order chi connectivity index (χ0) is 22.5. The highest BCUT2D eigenvalue weighted by Crippen LogP contribution is 2.28. The van der Waals surface area contributed by atoms with E-state index in [2.05, 4.69) is 91.3 Å². The van der Waals surface area contributed by atoms with Crippen molar-refractivity contribution in [1.29, 1.82) is 0 Å². The van der Waals surface area contributed by atoms with Gasteiger partial charge in [-0.3, -0.25) is 15.0 Å². The maximum absolute atomic E-state index is 4.75. The molecule has 5 heterocycles. The van der Waals surface area contributed by atoms with Crippen LogP contribution in [0.2, 0.25) is 0 Å². The van der Waals surface area contributed by atoms with Crippen molar-refractivity contribution in [3.8, 4) is 22.6 Å². The molecule has 0 fully saturated rings. The number of rotatable bonds is 4. The third-order valence-electron chi connectivity index (χ3n) is 6.49. The van der Waals surface area contributed by atoms with Gasteiger partial charge in [0.1, 0.15) is 11.7 Å². The quantitative estimate of drug-likeness (QED) is 0.336. The van der Waals surface area contributed by atoms with Gasteiger partial charge in [0.2, 0.25) is 0 Å². The van der Waals surface area contributed by atoms with E-state index in [9.17, 15) is 0 Å². The molecule has 2 aromatic carbocycles. The number of nitrogens with zero attached hydrogens (tertiary/aromatic N) is 3. The highest BCUT2D eigenvalue weighted by atomic mass is 15.1. The van der Waals surface area contributed by atoms with Crippen LogP contribution in [0.1, 0.15) is 11.1 Å². The molecule has 0 atom stereocenters. The second kappa shape index (κ2) is 7.59. The fraction of sp³-hybridized carbons (Fsp3) is 0.148. The molecule has 3 aromatic heterocycles. The maximum atomic E-state index is 4.75. The standard InChI is InChI=1S/C27H23N7/c1-3-18(26-28-7-8-29-26)13-22-16(1)11-24(33-22)20-5-6-21(32-15-20)25-12-17-2-4-19(14-23(17)34-25)27-30-9-10-31-27/h1-6,11-15,33-34H,7-10H2,(H,28,29)(H,30,31). The van der Waals surface area contributed by atoms with Gasteiger partial charge in [0.15, 0.2) is 0 Å². The van der Waals surface area contributed by atoms with Crippen molar-refractivity contribution in [2.45, 2.75) is 0 Å². The van der Waals surface area contributed by atoms with Gasteiger partial charge in [0, 0.05) is 63.5 Å². The Morgan fingerprint density at radius 3 is 1.74 bits per heavy atom. The summed E-state index contributed by atoms with van der Waals surface area (Å²) >= 11 is 0. The first kappa shape index (κ1) is 19.1. The Morgan fingerprint density at radius 1 is 0.588 bits per heavy atom. The van der Waals surface area contributed by atoms with Gasteiger partial charge in [-0.15, -0.1) is 0 Å². The number of aromatic nitrogens is 3. The topological polar surface area (TPSA) is 93.2 Å². The lowest BCUT2D eigenvalue weighted by atomic mass is 10.1. The molecule has 7 rings (SSSR count). The molecule has 0 saturated heterocycles. The van der Waals surface area contributed by atoms with E-state index in [0.29, 0.717) is 0 Å². The van der Waals surface area contributed by atoms with E-state index in [-0.39, 0.29) is 0 Å². The second-order valence-corrected chi connectivity index (χ2v) is 8.72. The zero-order valence-corrected chi connectivity index (χ0v) is 18.5. The summed E-state index contributed by atoms with van der Waals surface area (Å²) in [5.41, 5.74) is 8.44. The normalized spacial score (nSPS) is 15.4. The largest absolute Gasteiger partial charge is 0.368 e. The van der Waals surface area contributed by atoms with Gasteiger partial charge in [-0.05, 0) is 36.4 Å². The number of nitrogens with one attached hydrogen (secondary N) is 4. The average Bonchev–Trinajstić information content (AvgIpc) is 3.69. The number of H-pyrrole nitrogens is 2. The van der Waals surface area contributed by atoms with Crippen LogP contribution in [0.4, 0.5) is 0 Å². The molecule has 0 aliphatic carbocycles. The van der Waals surface area contributed by atoms with Gasteiger partial charge < -0.3 is 20.6 Å². The minimum atomic E-state index is 0.837. The first-order chi connectivity index (χ1) is 16.8. The first-order valence-electron chi connectivity index (χ1n) is 11.6. The van der Waals surface area contributed by atoms with Gasteiger partial charge in [-0.25, -0.2) is 0 Å². The first-order valence-corrected chi connectivity index (χ1v) is 11.6. The van der Waals surface area contributed by atoms with Crippen LogP contribution < -0.4 is 10.6 Å². The van der Waals surface area contributed by atoms with E-state index in [1.807, 2.05) is 6.20 Å². The summed E-state index contributed by atoms with van der Waals surface area (Å²) in [5, 5.41) is 9.01. The molecule has 5 aromatic rings. The molecular formula is C27H23N7. The van der Waals surface area contributed by atoms with Gasteiger partial charge >= 0.3 is 0 Å². The average molecular weight is 446 g/mol.